The maximum Gasteiger partial charge on any atom is 0.127 e. The Hall–Kier alpha value is -1.52. The molecule has 0 aliphatic carbocycles. The van der Waals surface area contributed by atoms with Crippen LogP contribution in [0.5, 0.6) is 11.5 Å². The van der Waals surface area contributed by atoms with Gasteiger partial charge in [-0.05, 0) is 36.1 Å². The second kappa shape index (κ2) is 5.42. The number of hydrogen-bond donors (Lipinski definition) is 1. The lowest BCUT2D eigenvalue weighted by Crippen LogP contribution is -2.12. The lowest BCUT2D eigenvalue weighted by atomic mass is 10.0. The van der Waals surface area contributed by atoms with Gasteiger partial charge in [-0.3, -0.25) is 0 Å². The molecule has 0 bridgehead atoms. The second-order valence-electron chi connectivity index (χ2n) is 4.05. The minimum Gasteiger partial charge on any atom is -0.497 e. The molecule has 1 unspecified atom stereocenters. The maximum absolute atomic E-state index is 6.32. The molecule has 0 aliphatic heterocycles. The summed E-state index contributed by atoms with van der Waals surface area (Å²) in [4.78, 5) is 1.17. The Bertz CT molecular complexity index is 536. The average Bonchev–Trinajstić information content (AvgIpc) is 2.83. The first-order valence-corrected chi connectivity index (χ1v) is 6.56. The van der Waals surface area contributed by atoms with Crippen LogP contribution in [0.3, 0.4) is 0 Å². The van der Waals surface area contributed by atoms with Crippen molar-refractivity contribution in [3.63, 3.8) is 0 Å². The summed E-state index contributed by atoms with van der Waals surface area (Å²) in [5, 5.41) is 2.06. The quantitative estimate of drug-likeness (QED) is 0.921. The molecule has 2 N–H and O–H groups in total. The van der Waals surface area contributed by atoms with Gasteiger partial charge in [0.1, 0.15) is 11.5 Å². The van der Waals surface area contributed by atoms with Crippen molar-refractivity contribution in [3.8, 4) is 11.5 Å². The topological polar surface area (TPSA) is 44.5 Å². The minimum atomic E-state index is -0.161. The Kier molecular flexibility index (Phi) is 3.89. The number of thiophene rings is 1. The number of rotatable bonds is 4. The standard InChI is InChI=1S/C14H17NO2S/c1-9-6-7-18-14(9)13(15)11-5-4-10(16-2)8-12(11)17-3/h4-8,13H,15H2,1-3H3. The third-order valence-corrected chi connectivity index (χ3v) is 4.06. The molecule has 1 heterocycles. The van der Waals surface area contributed by atoms with Gasteiger partial charge in [-0.15, -0.1) is 11.3 Å². The van der Waals surface area contributed by atoms with Gasteiger partial charge < -0.3 is 15.2 Å². The van der Waals surface area contributed by atoms with Crippen LogP contribution in [0.2, 0.25) is 0 Å². The normalized spacial score (nSPS) is 12.2. The van der Waals surface area contributed by atoms with Crippen molar-refractivity contribution in [2.24, 2.45) is 5.73 Å². The molecule has 18 heavy (non-hydrogen) atoms. The van der Waals surface area contributed by atoms with Crippen LogP contribution in [-0.4, -0.2) is 14.2 Å². The van der Waals surface area contributed by atoms with E-state index in [1.807, 2.05) is 18.2 Å². The zero-order valence-corrected chi connectivity index (χ0v) is 11.6. The maximum atomic E-state index is 6.32. The molecule has 0 fully saturated rings. The van der Waals surface area contributed by atoms with E-state index in [1.165, 1.54) is 10.4 Å². The van der Waals surface area contributed by atoms with Crippen molar-refractivity contribution in [1.82, 2.24) is 0 Å². The van der Waals surface area contributed by atoms with E-state index in [0.717, 1.165) is 17.1 Å². The van der Waals surface area contributed by atoms with Gasteiger partial charge in [0.15, 0.2) is 0 Å². The first-order valence-electron chi connectivity index (χ1n) is 5.69. The number of aryl methyl sites for hydroxylation is 1. The van der Waals surface area contributed by atoms with Crippen molar-refractivity contribution in [1.29, 1.82) is 0 Å². The molecule has 1 aromatic heterocycles. The number of hydrogen-bond acceptors (Lipinski definition) is 4. The smallest absolute Gasteiger partial charge is 0.127 e. The van der Waals surface area contributed by atoms with Crippen LogP contribution < -0.4 is 15.2 Å². The van der Waals surface area contributed by atoms with Crippen LogP contribution >= 0.6 is 11.3 Å². The van der Waals surface area contributed by atoms with Crippen LogP contribution in [0, 0.1) is 6.92 Å². The molecule has 1 atom stereocenters. The van der Waals surface area contributed by atoms with E-state index in [4.69, 9.17) is 15.2 Å². The number of ether oxygens (including phenoxy) is 2. The van der Waals surface area contributed by atoms with Crippen molar-refractivity contribution in [2.45, 2.75) is 13.0 Å². The highest BCUT2D eigenvalue weighted by Gasteiger charge is 2.17. The fraction of sp³-hybridized carbons (Fsp3) is 0.286. The van der Waals surface area contributed by atoms with Crippen LogP contribution in [0.25, 0.3) is 0 Å². The Balaban J connectivity index is 2.41. The summed E-state index contributed by atoms with van der Waals surface area (Å²) in [5.74, 6) is 1.53. The number of methoxy groups -OCH3 is 2. The van der Waals surface area contributed by atoms with Crippen molar-refractivity contribution in [2.75, 3.05) is 14.2 Å². The molecule has 0 amide bonds. The molecule has 4 heteroatoms. The third-order valence-electron chi connectivity index (χ3n) is 2.96. The lowest BCUT2D eigenvalue weighted by Gasteiger charge is -2.16. The van der Waals surface area contributed by atoms with Crippen molar-refractivity contribution in [3.05, 3.63) is 45.6 Å². The van der Waals surface area contributed by atoms with E-state index in [1.54, 1.807) is 25.6 Å². The second-order valence-corrected chi connectivity index (χ2v) is 5.00. The summed E-state index contributed by atoms with van der Waals surface area (Å²) in [6, 6.07) is 7.64. The highest BCUT2D eigenvalue weighted by molar-refractivity contribution is 7.10. The van der Waals surface area contributed by atoms with E-state index >= 15 is 0 Å². The summed E-state index contributed by atoms with van der Waals surface area (Å²) < 4.78 is 10.6. The van der Waals surface area contributed by atoms with E-state index in [2.05, 4.69) is 18.4 Å². The van der Waals surface area contributed by atoms with Crippen LogP contribution in [-0.2, 0) is 0 Å². The third kappa shape index (κ3) is 2.35. The van der Waals surface area contributed by atoms with Crippen LogP contribution in [0.4, 0.5) is 0 Å². The van der Waals surface area contributed by atoms with Crippen molar-refractivity contribution >= 4 is 11.3 Å². The zero-order valence-electron chi connectivity index (χ0n) is 10.8. The SMILES string of the molecule is COc1ccc(C(N)c2sccc2C)c(OC)c1. The molecular weight excluding hydrogens is 246 g/mol. The van der Waals surface area contributed by atoms with Gasteiger partial charge in [-0.2, -0.15) is 0 Å². The molecule has 0 saturated carbocycles. The Morgan fingerprint density at radius 3 is 2.50 bits per heavy atom. The van der Waals surface area contributed by atoms with Gasteiger partial charge in [0.2, 0.25) is 0 Å². The molecule has 2 aromatic rings. The van der Waals surface area contributed by atoms with Gasteiger partial charge >= 0.3 is 0 Å². The summed E-state index contributed by atoms with van der Waals surface area (Å²) in [6.45, 7) is 2.07. The Labute approximate surface area is 111 Å². The summed E-state index contributed by atoms with van der Waals surface area (Å²) >= 11 is 1.67. The van der Waals surface area contributed by atoms with Gasteiger partial charge in [-0.1, -0.05) is 0 Å². The highest BCUT2D eigenvalue weighted by Crippen LogP contribution is 2.34. The minimum absolute atomic E-state index is 0.161. The monoisotopic (exact) mass is 263 g/mol. The fourth-order valence-electron chi connectivity index (χ4n) is 1.92. The molecular formula is C14H17NO2S. The zero-order chi connectivity index (χ0) is 13.1. The van der Waals surface area contributed by atoms with Crippen molar-refractivity contribution < 1.29 is 9.47 Å². The summed E-state index contributed by atoms with van der Waals surface area (Å²) in [5.41, 5.74) is 8.51. The van der Waals surface area contributed by atoms with Crippen LogP contribution in [0.1, 0.15) is 22.0 Å². The van der Waals surface area contributed by atoms with Gasteiger partial charge in [0, 0.05) is 16.5 Å². The van der Waals surface area contributed by atoms with Gasteiger partial charge in [-0.25, -0.2) is 0 Å². The molecule has 0 spiro atoms. The molecule has 96 valence electrons. The summed E-state index contributed by atoms with van der Waals surface area (Å²) in [7, 11) is 3.28. The molecule has 2 rings (SSSR count). The Morgan fingerprint density at radius 2 is 1.94 bits per heavy atom. The Morgan fingerprint density at radius 1 is 1.17 bits per heavy atom. The lowest BCUT2D eigenvalue weighted by molar-refractivity contribution is 0.390. The predicted molar refractivity (Wildman–Crippen MR) is 74.6 cm³/mol. The predicted octanol–water partition coefficient (Wildman–Crippen LogP) is 3.12. The molecule has 0 radical (unpaired) electrons. The number of nitrogens with two attached hydrogens (primary N) is 1. The molecule has 0 saturated heterocycles. The van der Waals surface area contributed by atoms with Gasteiger partial charge in [0.05, 0.1) is 20.3 Å². The van der Waals surface area contributed by atoms with E-state index in [-0.39, 0.29) is 6.04 Å². The van der Waals surface area contributed by atoms with E-state index in [9.17, 15) is 0 Å². The van der Waals surface area contributed by atoms with Crippen LogP contribution in [0.15, 0.2) is 29.6 Å². The molecule has 0 aliphatic rings. The van der Waals surface area contributed by atoms with E-state index < -0.39 is 0 Å². The fourth-order valence-corrected chi connectivity index (χ4v) is 2.87. The molecule has 1 aromatic carbocycles. The molecule has 3 nitrogen and oxygen atoms in total. The number of benzene rings is 1. The van der Waals surface area contributed by atoms with E-state index in [0.29, 0.717) is 0 Å². The van der Waals surface area contributed by atoms with Gasteiger partial charge in [0.25, 0.3) is 0 Å². The largest absolute Gasteiger partial charge is 0.497 e. The average molecular weight is 263 g/mol. The summed E-state index contributed by atoms with van der Waals surface area (Å²) in [6.07, 6.45) is 0. The first-order chi connectivity index (χ1) is 8.67. The highest BCUT2D eigenvalue weighted by atomic mass is 32.1. The first kappa shape index (κ1) is 12.9.